The zero-order valence-corrected chi connectivity index (χ0v) is 15.9. The third kappa shape index (κ3) is 5.05. The minimum atomic E-state index is -0.598. The second-order valence-corrected chi connectivity index (χ2v) is 6.43. The number of amides is 2. The minimum absolute atomic E-state index is 0. The van der Waals surface area contributed by atoms with Gasteiger partial charge in [-0.05, 0) is 56.6 Å². The van der Waals surface area contributed by atoms with Crippen LogP contribution < -0.4 is 16.0 Å². The number of nitrogens with one attached hydrogen (secondary N) is 3. The van der Waals surface area contributed by atoms with E-state index < -0.39 is 11.7 Å². The monoisotopic (exact) mass is 391 g/mol. The third-order valence-corrected chi connectivity index (χ3v) is 4.55. The molecule has 0 aromatic heterocycles. The van der Waals surface area contributed by atoms with Gasteiger partial charge in [0.15, 0.2) is 0 Å². The molecule has 1 aliphatic rings. The number of para-hydroxylation sites is 1. The molecule has 2 aromatic rings. The van der Waals surface area contributed by atoms with Gasteiger partial charge in [-0.15, -0.1) is 12.4 Å². The second kappa shape index (κ2) is 9.48. The van der Waals surface area contributed by atoms with Crippen molar-refractivity contribution in [3.63, 3.8) is 0 Å². The summed E-state index contributed by atoms with van der Waals surface area (Å²) in [7, 11) is 0. The summed E-state index contributed by atoms with van der Waals surface area (Å²) in [5.41, 5.74) is 1.48. The molecule has 27 heavy (non-hydrogen) atoms. The first-order valence-electron chi connectivity index (χ1n) is 8.73. The Labute approximate surface area is 164 Å². The van der Waals surface area contributed by atoms with Gasteiger partial charge in [-0.3, -0.25) is 9.59 Å². The number of piperidine rings is 1. The van der Waals surface area contributed by atoms with Crippen LogP contribution in [0.5, 0.6) is 0 Å². The Hall–Kier alpha value is -2.44. The van der Waals surface area contributed by atoms with Crippen molar-refractivity contribution < 1.29 is 14.0 Å². The lowest BCUT2D eigenvalue weighted by molar-refractivity contribution is 0.0930. The lowest BCUT2D eigenvalue weighted by Gasteiger charge is -2.24. The van der Waals surface area contributed by atoms with Crippen LogP contribution in [0, 0.1) is 12.7 Å². The fraction of sp³-hybridized carbons (Fsp3) is 0.300. The molecule has 2 aromatic carbocycles. The van der Waals surface area contributed by atoms with Gasteiger partial charge in [0, 0.05) is 6.04 Å². The molecule has 7 heteroatoms. The maximum absolute atomic E-state index is 13.9. The molecular weight excluding hydrogens is 369 g/mol. The molecule has 0 atom stereocenters. The Morgan fingerprint density at radius 3 is 2.37 bits per heavy atom. The van der Waals surface area contributed by atoms with E-state index in [1.54, 1.807) is 31.2 Å². The van der Waals surface area contributed by atoms with Crippen LogP contribution in [0.1, 0.15) is 39.1 Å². The molecule has 0 saturated carbocycles. The number of aryl methyl sites for hydroxylation is 1. The number of anilines is 1. The predicted octanol–water partition coefficient (Wildman–Crippen LogP) is 3.29. The van der Waals surface area contributed by atoms with Gasteiger partial charge in [-0.2, -0.15) is 0 Å². The summed E-state index contributed by atoms with van der Waals surface area (Å²) in [6, 6.07) is 11.1. The van der Waals surface area contributed by atoms with Crippen LogP contribution in [-0.2, 0) is 0 Å². The van der Waals surface area contributed by atoms with Crippen molar-refractivity contribution in [3.05, 3.63) is 65.0 Å². The number of hydrogen-bond acceptors (Lipinski definition) is 3. The average molecular weight is 392 g/mol. The van der Waals surface area contributed by atoms with Gasteiger partial charge in [-0.1, -0.05) is 24.3 Å². The van der Waals surface area contributed by atoms with E-state index in [1.807, 2.05) is 0 Å². The summed E-state index contributed by atoms with van der Waals surface area (Å²) >= 11 is 0. The molecule has 5 nitrogen and oxygen atoms in total. The summed E-state index contributed by atoms with van der Waals surface area (Å²) in [5, 5.41) is 8.98. The molecule has 0 radical (unpaired) electrons. The lowest BCUT2D eigenvalue weighted by atomic mass is 10.0. The molecule has 0 unspecified atom stereocenters. The van der Waals surface area contributed by atoms with Crippen molar-refractivity contribution in [2.45, 2.75) is 25.8 Å². The Bertz CT molecular complexity index is 823. The number of carbonyl (C=O) groups excluding carboxylic acids is 2. The first-order chi connectivity index (χ1) is 12.6. The van der Waals surface area contributed by atoms with Gasteiger partial charge < -0.3 is 16.0 Å². The SMILES string of the molecule is Cc1cccc(C(=O)NC2CCNCC2)c1NC(=O)c1ccccc1F.Cl. The Morgan fingerprint density at radius 2 is 1.67 bits per heavy atom. The van der Waals surface area contributed by atoms with Crippen molar-refractivity contribution in [2.75, 3.05) is 18.4 Å². The van der Waals surface area contributed by atoms with E-state index in [0.717, 1.165) is 31.5 Å². The quantitative estimate of drug-likeness (QED) is 0.749. The lowest BCUT2D eigenvalue weighted by Crippen LogP contribution is -2.42. The number of benzene rings is 2. The van der Waals surface area contributed by atoms with E-state index in [2.05, 4.69) is 16.0 Å². The normalized spacial score (nSPS) is 14.1. The van der Waals surface area contributed by atoms with Crippen LogP contribution in [-0.4, -0.2) is 30.9 Å². The van der Waals surface area contributed by atoms with Crippen LogP contribution >= 0.6 is 12.4 Å². The largest absolute Gasteiger partial charge is 0.349 e. The van der Waals surface area contributed by atoms with Crippen molar-refractivity contribution in [3.8, 4) is 0 Å². The molecule has 3 N–H and O–H groups in total. The smallest absolute Gasteiger partial charge is 0.258 e. The van der Waals surface area contributed by atoms with Gasteiger partial charge in [0.1, 0.15) is 5.82 Å². The zero-order chi connectivity index (χ0) is 18.5. The number of rotatable bonds is 4. The Morgan fingerprint density at radius 1 is 1.00 bits per heavy atom. The topological polar surface area (TPSA) is 70.2 Å². The summed E-state index contributed by atoms with van der Waals surface area (Å²) in [6.07, 6.45) is 1.74. The van der Waals surface area contributed by atoms with Crippen LogP contribution in [0.15, 0.2) is 42.5 Å². The highest BCUT2D eigenvalue weighted by Gasteiger charge is 2.21. The van der Waals surface area contributed by atoms with Gasteiger partial charge in [0.25, 0.3) is 11.8 Å². The fourth-order valence-corrected chi connectivity index (χ4v) is 3.08. The molecule has 3 rings (SSSR count). The summed E-state index contributed by atoms with van der Waals surface area (Å²) in [5.74, 6) is -1.41. The molecule has 1 saturated heterocycles. The minimum Gasteiger partial charge on any atom is -0.349 e. The van der Waals surface area contributed by atoms with Crippen LogP contribution in [0.2, 0.25) is 0 Å². The van der Waals surface area contributed by atoms with Crippen molar-refractivity contribution >= 4 is 29.9 Å². The molecule has 1 fully saturated rings. The molecule has 144 valence electrons. The standard InChI is InChI=1S/C20H22FN3O2.ClH/c1-13-5-4-7-16(20(26)23-14-9-11-22-12-10-14)18(13)24-19(25)15-6-2-3-8-17(15)21;/h2-8,14,22H,9-12H2,1H3,(H,23,26)(H,24,25);1H. The first-order valence-corrected chi connectivity index (χ1v) is 8.73. The summed E-state index contributed by atoms with van der Waals surface area (Å²) < 4.78 is 13.9. The first kappa shape index (κ1) is 20.9. The predicted molar refractivity (Wildman–Crippen MR) is 106 cm³/mol. The number of carbonyl (C=O) groups is 2. The third-order valence-electron chi connectivity index (χ3n) is 4.55. The van der Waals surface area contributed by atoms with E-state index in [0.29, 0.717) is 11.3 Å². The van der Waals surface area contributed by atoms with Crippen LogP contribution in [0.25, 0.3) is 0 Å². The highest BCUT2D eigenvalue weighted by atomic mass is 35.5. The van der Waals surface area contributed by atoms with Gasteiger partial charge in [0.05, 0.1) is 16.8 Å². The molecule has 2 amide bonds. The Kier molecular flexibility index (Phi) is 7.33. The van der Waals surface area contributed by atoms with Gasteiger partial charge in [0.2, 0.25) is 0 Å². The summed E-state index contributed by atoms with van der Waals surface area (Å²) in [4.78, 5) is 25.2. The molecule has 1 heterocycles. The van der Waals surface area contributed by atoms with E-state index >= 15 is 0 Å². The average Bonchev–Trinajstić information content (AvgIpc) is 2.64. The maximum Gasteiger partial charge on any atom is 0.258 e. The van der Waals surface area contributed by atoms with E-state index in [1.165, 1.54) is 18.2 Å². The summed E-state index contributed by atoms with van der Waals surface area (Å²) in [6.45, 7) is 3.55. The zero-order valence-electron chi connectivity index (χ0n) is 15.0. The van der Waals surface area contributed by atoms with E-state index in [9.17, 15) is 14.0 Å². The molecule has 0 bridgehead atoms. The second-order valence-electron chi connectivity index (χ2n) is 6.43. The van der Waals surface area contributed by atoms with E-state index in [4.69, 9.17) is 0 Å². The van der Waals surface area contributed by atoms with Crippen molar-refractivity contribution in [2.24, 2.45) is 0 Å². The van der Waals surface area contributed by atoms with Crippen LogP contribution in [0.4, 0.5) is 10.1 Å². The highest BCUT2D eigenvalue weighted by Crippen LogP contribution is 2.22. The molecular formula is C20H23ClFN3O2. The van der Waals surface area contributed by atoms with Gasteiger partial charge >= 0.3 is 0 Å². The maximum atomic E-state index is 13.9. The molecule has 0 aliphatic carbocycles. The Balaban J connectivity index is 0.00000261. The molecule has 1 aliphatic heterocycles. The number of halogens is 2. The van der Waals surface area contributed by atoms with E-state index in [-0.39, 0.29) is 29.9 Å². The van der Waals surface area contributed by atoms with Crippen molar-refractivity contribution in [1.29, 1.82) is 0 Å². The number of hydrogen-bond donors (Lipinski definition) is 3. The molecule has 0 spiro atoms. The highest BCUT2D eigenvalue weighted by molar-refractivity contribution is 6.09. The van der Waals surface area contributed by atoms with Crippen LogP contribution in [0.3, 0.4) is 0 Å². The van der Waals surface area contributed by atoms with Gasteiger partial charge in [-0.25, -0.2) is 4.39 Å². The van der Waals surface area contributed by atoms with Crippen molar-refractivity contribution in [1.82, 2.24) is 10.6 Å². The fourth-order valence-electron chi connectivity index (χ4n) is 3.08.